The molecule has 3 aromatic rings. The summed E-state index contributed by atoms with van der Waals surface area (Å²) in [5.41, 5.74) is 2.98. The van der Waals surface area contributed by atoms with E-state index in [9.17, 15) is 4.79 Å². The second-order valence-corrected chi connectivity index (χ2v) is 4.26. The number of rotatable bonds is 2. The smallest absolute Gasteiger partial charge is 0.185 e. The largest absolute Gasteiger partial charge is 0.453 e. The standard InChI is InChI=1S/C14H12N2O2/c1-9-12-5-3-10(7-13(12)15-16(9)2)14-6-4-11(8-17)18-14/h3-8H,1-2H3. The van der Waals surface area contributed by atoms with Gasteiger partial charge in [-0.05, 0) is 25.1 Å². The first-order chi connectivity index (χ1) is 8.69. The van der Waals surface area contributed by atoms with Crippen LogP contribution >= 0.6 is 0 Å². The Labute approximate surface area is 104 Å². The van der Waals surface area contributed by atoms with Gasteiger partial charge in [-0.2, -0.15) is 5.10 Å². The Morgan fingerprint density at radius 1 is 1.28 bits per heavy atom. The molecule has 4 heteroatoms. The molecule has 0 saturated heterocycles. The van der Waals surface area contributed by atoms with Gasteiger partial charge < -0.3 is 4.42 Å². The Kier molecular flexibility index (Phi) is 2.30. The molecule has 1 aromatic carbocycles. The number of fused-ring (bicyclic) bond motifs is 1. The number of carbonyl (C=O) groups is 1. The number of nitrogens with zero attached hydrogens (tertiary/aromatic N) is 2. The van der Waals surface area contributed by atoms with Crippen LogP contribution in [-0.4, -0.2) is 16.1 Å². The van der Waals surface area contributed by atoms with Gasteiger partial charge >= 0.3 is 0 Å². The highest BCUT2D eigenvalue weighted by atomic mass is 16.3. The van der Waals surface area contributed by atoms with Gasteiger partial charge in [-0.25, -0.2) is 0 Å². The van der Waals surface area contributed by atoms with Crippen molar-refractivity contribution in [1.29, 1.82) is 0 Å². The number of aromatic nitrogens is 2. The van der Waals surface area contributed by atoms with E-state index in [0.29, 0.717) is 17.8 Å². The van der Waals surface area contributed by atoms with Gasteiger partial charge in [-0.1, -0.05) is 12.1 Å². The first-order valence-electron chi connectivity index (χ1n) is 5.68. The third-order valence-corrected chi connectivity index (χ3v) is 3.16. The molecule has 4 nitrogen and oxygen atoms in total. The van der Waals surface area contributed by atoms with E-state index in [2.05, 4.69) is 5.10 Å². The second kappa shape index (κ2) is 3.84. The average Bonchev–Trinajstić information content (AvgIpc) is 2.95. The highest BCUT2D eigenvalue weighted by molar-refractivity contribution is 5.85. The van der Waals surface area contributed by atoms with Gasteiger partial charge in [0.15, 0.2) is 12.0 Å². The van der Waals surface area contributed by atoms with Crippen LogP contribution in [0.1, 0.15) is 16.2 Å². The maximum absolute atomic E-state index is 10.6. The topological polar surface area (TPSA) is 48.0 Å². The van der Waals surface area contributed by atoms with E-state index in [1.165, 1.54) is 0 Å². The van der Waals surface area contributed by atoms with Crippen LogP contribution in [-0.2, 0) is 7.05 Å². The van der Waals surface area contributed by atoms with Crippen molar-refractivity contribution >= 4 is 17.2 Å². The first-order valence-corrected chi connectivity index (χ1v) is 5.68. The van der Waals surface area contributed by atoms with Gasteiger partial charge in [0.1, 0.15) is 5.76 Å². The minimum atomic E-state index is 0.335. The van der Waals surface area contributed by atoms with Crippen molar-refractivity contribution in [3.8, 4) is 11.3 Å². The summed E-state index contributed by atoms with van der Waals surface area (Å²) in [7, 11) is 1.92. The predicted molar refractivity (Wildman–Crippen MR) is 68.5 cm³/mol. The third-order valence-electron chi connectivity index (χ3n) is 3.16. The summed E-state index contributed by atoms with van der Waals surface area (Å²) in [4.78, 5) is 10.6. The minimum absolute atomic E-state index is 0.335. The number of aryl methyl sites for hydroxylation is 2. The number of aldehydes is 1. The van der Waals surface area contributed by atoms with Crippen LogP contribution < -0.4 is 0 Å². The summed E-state index contributed by atoms with van der Waals surface area (Å²) >= 11 is 0. The lowest BCUT2D eigenvalue weighted by molar-refractivity contribution is 0.110. The number of benzene rings is 1. The van der Waals surface area contributed by atoms with Crippen molar-refractivity contribution in [1.82, 2.24) is 9.78 Å². The molecule has 18 heavy (non-hydrogen) atoms. The van der Waals surface area contributed by atoms with Crippen LogP contribution in [0.15, 0.2) is 34.7 Å². The van der Waals surface area contributed by atoms with Crippen LogP contribution in [0.2, 0.25) is 0 Å². The normalized spacial score (nSPS) is 11.0. The summed E-state index contributed by atoms with van der Waals surface area (Å²) in [6.07, 6.45) is 0.701. The molecule has 0 amide bonds. The molecular weight excluding hydrogens is 228 g/mol. The summed E-state index contributed by atoms with van der Waals surface area (Å²) in [5.74, 6) is 1.02. The molecule has 0 N–H and O–H groups in total. The van der Waals surface area contributed by atoms with E-state index in [0.717, 1.165) is 22.2 Å². The highest BCUT2D eigenvalue weighted by Crippen LogP contribution is 2.26. The molecule has 0 atom stereocenters. The van der Waals surface area contributed by atoms with Crippen molar-refractivity contribution in [2.75, 3.05) is 0 Å². The summed E-state index contributed by atoms with van der Waals surface area (Å²) in [6, 6.07) is 9.42. The lowest BCUT2D eigenvalue weighted by atomic mass is 10.1. The average molecular weight is 240 g/mol. The summed E-state index contributed by atoms with van der Waals surface area (Å²) < 4.78 is 7.26. The van der Waals surface area contributed by atoms with E-state index in [-0.39, 0.29) is 0 Å². The van der Waals surface area contributed by atoms with Crippen molar-refractivity contribution in [2.45, 2.75) is 6.92 Å². The fourth-order valence-corrected chi connectivity index (χ4v) is 2.06. The minimum Gasteiger partial charge on any atom is -0.453 e. The zero-order valence-corrected chi connectivity index (χ0v) is 10.2. The molecule has 0 aliphatic heterocycles. The monoisotopic (exact) mass is 240 g/mol. The molecule has 3 rings (SSSR count). The van der Waals surface area contributed by atoms with Crippen LogP contribution in [0.5, 0.6) is 0 Å². The second-order valence-electron chi connectivity index (χ2n) is 4.26. The molecular formula is C14H12N2O2. The molecule has 0 bridgehead atoms. The third kappa shape index (κ3) is 1.54. The molecule has 0 radical (unpaired) electrons. The first kappa shape index (κ1) is 10.8. The van der Waals surface area contributed by atoms with Crippen LogP contribution in [0, 0.1) is 6.92 Å². The lowest BCUT2D eigenvalue weighted by Gasteiger charge is -1.96. The number of hydrogen-bond acceptors (Lipinski definition) is 3. The van der Waals surface area contributed by atoms with E-state index in [1.54, 1.807) is 12.1 Å². The Morgan fingerprint density at radius 2 is 2.11 bits per heavy atom. The van der Waals surface area contributed by atoms with E-state index >= 15 is 0 Å². The van der Waals surface area contributed by atoms with E-state index in [1.807, 2.05) is 36.9 Å². The van der Waals surface area contributed by atoms with Crippen LogP contribution in [0.3, 0.4) is 0 Å². The quantitative estimate of drug-likeness (QED) is 0.647. The molecule has 2 heterocycles. The van der Waals surface area contributed by atoms with Crippen LogP contribution in [0.4, 0.5) is 0 Å². The van der Waals surface area contributed by atoms with Crippen molar-refractivity contribution in [3.63, 3.8) is 0 Å². The maximum Gasteiger partial charge on any atom is 0.185 e. The van der Waals surface area contributed by atoms with Gasteiger partial charge in [0, 0.05) is 23.7 Å². The number of hydrogen-bond donors (Lipinski definition) is 0. The summed E-state index contributed by atoms with van der Waals surface area (Å²) in [6.45, 7) is 2.03. The predicted octanol–water partition coefficient (Wildman–Crippen LogP) is 2.95. The number of carbonyl (C=O) groups excluding carboxylic acids is 1. The molecule has 0 unspecified atom stereocenters. The van der Waals surface area contributed by atoms with E-state index < -0.39 is 0 Å². The number of furan rings is 1. The SMILES string of the molecule is Cc1c2ccc(-c3ccc(C=O)o3)cc2nn1C. The Bertz CT molecular complexity index is 737. The molecule has 0 fully saturated rings. The Balaban J connectivity index is 2.15. The maximum atomic E-state index is 10.6. The fraction of sp³-hybridized carbons (Fsp3) is 0.143. The van der Waals surface area contributed by atoms with Crippen molar-refractivity contribution in [3.05, 3.63) is 41.8 Å². The zero-order valence-electron chi connectivity index (χ0n) is 10.2. The summed E-state index contributed by atoms with van der Waals surface area (Å²) in [5, 5.41) is 5.56. The lowest BCUT2D eigenvalue weighted by Crippen LogP contribution is -1.91. The molecule has 90 valence electrons. The van der Waals surface area contributed by atoms with Gasteiger partial charge in [0.25, 0.3) is 0 Å². The van der Waals surface area contributed by atoms with Gasteiger partial charge in [0.2, 0.25) is 0 Å². The zero-order chi connectivity index (χ0) is 12.7. The van der Waals surface area contributed by atoms with Gasteiger partial charge in [-0.3, -0.25) is 9.48 Å². The Hall–Kier alpha value is -2.36. The van der Waals surface area contributed by atoms with Crippen molar-refractivity contribution < 1.29 is 9.21 Å². The molecule has 0 aliphatic carbocycles. The van der Waals surface area contributed by atoms with E-state index in [4.69, 9.17) is 4.42 Å². The highest BCUT2D eigenvalue weighted by Gasteiger charge is 2.09. The molecule has 2 aromatic heterocycles. The molecule has 0 saturated carbocycles. The molecule has 0 aliphatic rings. The fourth-order valence-electron chi connectivity index (χ4n) is 2.06. The van der Waals surface area contributed by atoms with Crippen molar-refractivity contribution in [2.24, 2.45) is 7.05 Å². The van der Waals surface area contributed by atoms with Gasteiger partial charge in [-0.15, -0.1) is 0 Å². The van der Waals surface area contributed by atoms with Crippen LogP contribution in [0.25, 0.3) is 22.2 Å². The Morgan fingerprint density at radius 3 is 2.83 bits per heavy atom. The molecule has 0 spiro atoms. The van der Waals surface area contributed by atoms with Gasteiger partial charge in [0.05, 0.1) is 5.52 Å².